The van der Waals surface area contributed by atoms with Crippen LogP contribution in [0.5, 0.6) is 5.75 Å². The maximum Gasteiger partial charge on any atom is 0.573 e. The van der Waals surface area contributed by atoms with E-state index in [2.05, 4.69) is 42.3 Å². The molecule has 2 aliphatic rings. The van der Waals surface area contributed by atoms with E-state index in [-0.39, 0.29) is 42.3 Å². The molecule has 41 heavy (non-hydrogen) atoms. The third-order valence-corrected chi connectivity index (χ3v) is 7.83. The minimum Gasteiger partial charge on any atom is -0.481 e. The van der Waals surface area contributed by atoms with Gasteiger partial charge in [0, 0.05) is 17.3 Å². The molecular formula is C30H36F3N3O5. The molecule has 2 aromatic carbocycles. The summed E-state index contributed by atoms with van der Waals surface area (Å²) in [7, 11) is 0. The lowest BCUT2D eigenvalue weighted by Crippen LogP contribution is -2.35. The predicted octanol–water partition coefficient (Wildman–Crippen LogP) is 7.44. The van der Waals surface area contributed by atoms with Crippen molar-refractivity contribution in [2.45, 2.75) is 78.5 Å². The van der Waals surface area contributed by atoms with Crippen LogP contribution in [0.25, 0.3) is 11.0 Å². The van der Waals surface area contributed by atoms with Gasteiger partial charge in [0.05, 0.1) is 24.2 Å². The number of carboxylic acids is 1. The molecule has 1 aliphatic heterocycles. The Morgan fingerprint density at radius 1 is 1.10 bits per heavy atom. The van der Waals surface area contributed by atoms with Crippen LogP contribution in [0, 0.1) is 17.8 Å². The highest BCUT2D eigenvalue weighted by atomic mass is 19.4. The summed E-state index contributed by atoms with van der Waals surface area (Å²) >= 11 is 0. The van der Waals surface area contributed by atoms with Gasteiger partial charge in [-0.3, -0.25) is 4.79 Å². The number of nitrogens with one attached hydrogen (secondary N) is 1. The van der Waals surface area contributed by atoms with E-state index in [4.69, 9.17) is 14.5 Å². The zero-order valence-corrected chi connectivity index (χ0v) is 23.9. The average molecular weight is 576 g/mol. The Hall–Kier alpha value is -3.31. The van der Waals surface area contributed by atoms with Gasteiger partial charge in [0.1, 0.15) is 12.2 Å². The number of aryl methyl sites for hydroxylation is 1. The first-order chi connectivity index (χ1) is 19.0. The van der Waals surface area contributed by atoms with Crippen molar-refractivity contribution >= 4 is 28.6 Å². The number of benzene rings is 2. The van der Waals surface area contributed by atoms with Crippen molar-refractivity contribution in [3.63, 3.8) is 0 Å². The summed E-state index contributed by atoms with van der Waals surface area (Å²) < 4.78 is 55.9. The van der Waals surface area contributed by atoms with E-state index < -0.39 is 18.1 Å². The average Bonchev–Trinajstić information content (AvgIpc) is 3.41. The molecule has 5 rings (SSSR count). The van der Waals surface area contributed by atoms with E-state index in [1.165, 1.54) is 24.3 Å². The number of alkyl halides is 3. The number of aliphatic carboxylic acids is 1. The molecule has 0 bridgehead atoms. The molecule has 1 saturated carbocycles. The van der Waals surface area contributed by atoms with E-state index >= 15 is 0 Å². The number of halogens is 3. The van der Waals surface area contributed by atoms with Gasteiger partial charge in [0.2, 0.25) is 11.7 Å². The van der Waals surface area contributed by atoms with Crippen molar-refractivity contribution in [2.75, 3.05) is 18.5 Å². The second-order valence-corrected chi connectivity index (χ2v) is 12.7. The van der Waals surface area contributed by atoms with Gasteiger partial charge in [-0.05, 0) is 79.0 Å². The minimum absolute atomic E-state index is 0.0723. The third-order valence-electron chi connectivity index (χ3n) is 7.83. The molecule has 0 radical (unpaired) electrons. The SMILES string of the molecule is Cc1cc2c(cc1C1(CC(=O)O)OCCO1)nc(Nc1ccc(OC(F)(F)F)cc1)n2C1CC(C)(C)CC(C)(C)C1. The molecule has 8 nitrogen and oxygen atoms in total. The Balaban J connectivity index is 1.61. The molecule has 0 amide bonds. The molecule has 1 aliphatic carbocycles. The summed E-state index contributed by atoms with van der Waals surface area (Å²) in [5.74, 6) is -2.21. The highest BCUT2D eigenvalue weighted by molar-refractivity contribution is 5.82. The van der Waals surface area contributed by atoms with Crippen molar-refractivity contribution in [3.05, 3.63) is 47.5 Å². The van der Waals surface area contributed by atoms with Gasteiger partial charge < -0.3 is 29.2 Å². The van der Waals surface area contributed by atoms with Gasteiger partial charge in [0.15, 0.2) is 0 Å². The maximum absolute atomic E-state index is 12.7. The molecule has 0 atom stereocenters. The Morgan fingerprint density at radius 3 is 2.27 bits per heavy atom. The van der Waals surface area contributed by atoms with Crippen molar-refractivity contribution < 1.29 is 37.3 Å². The van der Waals surface area contributed by atoms with Gasteiger partial charge in [-0.15, -0.1) is 13.2 Å². The number of hydrogen-bond acceptors (Lipinski definition) is 6. The van der Waals surface area contributed by atoms with Crippen LogP contribution in [-0.2, 0) is 20.1 Å². The molecule has 1 saturated heterocycles. The minimum atomic E-state index is -4.77. The van der Waals surface area contributed by atoms with Crippen molar-refractivity contribution in [1.29, 1.82) is 0 Å². The molecule has 0 unspecified atom stereocenters. The lowest BCUT2D eigenvalue weighted by atomic mass is 9.63. The summed E-state index contributed by atoms with van der Waals surface area (Å²) in [5.41, 5.74) is 3.62. The van der Waals surface area contributed by atoms with Crippen LogP contribution < -0.4 is 10.1 Å². The van der Waals surface area contributed by atoms with E-state index in [1.807, 2.05) is 19.1 Å². The number of rotatable bonds is 7. The normalized spacial score (nSPS) is 20.3. The fourth-order valence-corrected chi connectivity index (χ4v) is 6.96. The second-order valence-electron chi connectivity index (χ2n) is 12.7. The van der Waals surface area contributed by atoms with Crippen molar-refractivity contribution in [3.8, 4) is 5.75 Å². The van der Waals surface area contributed by atoms with Crippen LogP contribution in [0.2, 0.25) is 0 Å². The van der Waals surface area contributed by atoms with Crippen molar-refractivity contribution in [2.24, 2.45) is 10.8 Å². The monoisotopic (exact) mass is 575 g/mol. The number of aromatic nitrogens is 2. The molecule has 2 heterocycles. The lowest BCUT2D eigenvalue weighted by Gasteiger charge is -2.45. The first kappa shape index (κ1) is 29.2. The highest BCUT2D eigenvalue weighted by Gasteiger charge is 2.44. The number of hydrogen-bond donors (Lipinski definition) is 2. The standard InChI is InChI=1S/C30H36F3N3O5/c1-18-12-24-23(13-22(18)29(16-25(37)38)39-10-11-40-29)35-26(34-19-6-8-21(9-7-19)41-30(31,32)33)36(24)20-14-27(2,3)17-28(4,5)15-20/h6-9,12-13,20H,10-11,14-17H2,1-5H3,(H,34,35)(H,37,38). The molecule has 11 heteroatoms. The van der Waals surface area contributed by atoms with Gasteiger partial charge in [-0.25, -0.2) is 4.98 Å². The highest BCUT2D eigenvalue weighted by Crippen LogP contribution is 2.52. The quantitative estimate of drug-likeness (QED) is 0.302. The third kappa shape index (κ3) is 6.30. The van der Waals surface area contributed by atoms with E-state index in [1.54, 1.807) is 0 Å². The zero-order valence-electron chi connectivity index (χ0n) is 23.9. The number of carbonyl (C=O) groups is 1. The van der Waals surface area contributed by atoms with Crippen LogP contribution >= 0.6 is 0 Å². The predicted molar refractivity (Wildman–Crippen MR) is 147 cm³/mol. The second kappa shape index (κ2) is 10.2. The largest absolute Gasteiger partial charge is 0.573 e. The van der Waals surface area contributed by atoms with Gasteiger partial charge in [0.25, 0.3) is 0 Å². The summed E-state index contributed by atoms with van der Waals surface area (Å²) in [5, 5.41) is 12.9. The summed E-state index contributed by atoms with van der Waals surface area (Å²) in [6.07, 6.45) is -2.23. The van der Waals surface area contributed by atoms with E-state index in [0.29, 0.717) is 22.7 Å². The van der Waals surface area contributed by atoms with Crippen LogP contribution in [0.1, 0.15) is 70.5 Å². The molecule has 1 aromatic heterocycles. The number of imidazole rings is 1. The lowest BCUT2D eigenvalue weighted by molar-refractivity contribution is -0.274. The van der Waals surface area contributed by atoms with Crippen molar-refractivity contribution in [1.82, 2.24) is 9.55 Å². The fourth-order valence-electron chi connectivity index (χ4n) is 6.96. The summed E-state index contributed by atoms with van der Waals surface area (Å²) in [6.45, 7) is 11.5. The topological polar surface area (TPSA) is 94.8 Å². The molecule has 3 aromatic rings. The molecule has 0 spiro atoms. The Bertz CT molecular complexity index is 1420. The number of nitrogens with zero attached hydrogens (tertiary/aromatic N) is 2. The fraction of sp³-hybridized carbons (Fsp3) is 0.533. The first-order valence-corrected chi connectivity index (χ1v) is 13.7. The molecular weight excluding hydrogens is 539 g/mol. The van der Waals surface area contributed by atoms with Crippen LogP contribution in [0.3, 0.4) is 0 Å². The Labute approximate surface area is 236 Å². The first-order valence-electron chi connectivity index (χ1n) is 13.7. The molecule has 2 N–H and O–H groups in total. The van der Waals surface area contributed by atoms with Gasteiger partial charge >= 0.3 is 12.3 Å². The maximum atomic E-state index is 12.7. The number of anilines is 2. The van der Waals surface area contributed by atoms with Gasteiger partial charge in [-0.2, -0.15) is 0 Å². The van der Waals surface area contributed by atoms with Crippen LogP contribution in [0.4, 0.5) is 24.8 Å². The smallest absolute Gasteiger partial charge is 0.481 e. The van der Waals surface area contributed by atoms with E-state index in [9.17, 15) is 23.1 Å². The number of ether oxygens (including phenoxy) is 3. The zero-order chi connectivity index (χ0) is 29.8. The van der Waals surface area contributed by atoms with Gasteiger partial charge in [-0.1, -0.05) is 27.7 Å². The summed E-state index contributed by atoms with van der Waals surface area (Å²) in [6, 6.07) is 9.44. The molecule has 2 fully saturated rings. The number of fused-ring (bicyclic) bond motifs is 1. The molecule has 222 valence electrons. The Morgan fingerprint density at radius 2 is 1.71 bits per heavy atom. The number of carboxylic acid groups (broad SMARTS) is 1. The summed E-state index contributed by atoms with van der Waals surface area (Å²) in [4.78, 5) is 16.7. The van der Waals surface area contributed by atoms with Crippen LogP contribution in [0.15, 0.2) is 36.4 Å². The van der Waals surface area contributed by atoms with Crippen LogP contribution in [-0.4, -0.2) is 40.2 Å². The Kier molecular flexibility index (Phi) is 7.26. The van der Waals surface area contributed by atoms with E-state index in [0.717, 1.165) is 30.3 Å².